The van der Waals surface area contributed by atoms with E-state index >= 15 is 0 Å². The Morgan fingerprint density at radius 2 is 0.667 bits per heavy atom. The Morgan fingerprint density at radius 3 is 0.667 bits per heavy atom. The number of quaternary nitrogens is 2. The molecule has 0 fully saturated rings. The Kier molecular flexibility index (Phi) is 18.2. The molecule has 12 heteroatoms. The Hall–Kier alpha value is -0.321. The van der Waals surface area contributed by atoms with Gasteiger partial charge in [-0.1, -0.05) is 0 Å². The second-order valence-electron chi connectivity index (χ2n) is 6.05. The van der Waals surface area contributed by atoms with Gasteiger partial charge in [0.05, 0.1) is 54.4 Å². The van der Waals surface area contributed by atoms with Gasteiger partial charge < -0.3 is 8.97 Å². The van der Waals surface area contributed by atoms with E-state index in [1.165, 1.54) is 30.7 Å². The molecule has 0 bridgehead atoms. The van der Waals surface area contributed by atoms with Crippen LogP contribution in [0.1, 0.15) is 27.7 Å². The molecular formula is C12H32Mn2N2O8. The van der Waals surface area contributed by atoms with E-state index in [1.807, 2.05) is 0 Å². The summed E-state index contributed by atoms with van der Waals surface area (Å²) in [4.78, 5) is 0. The minimum absolute atomic E-state index is 1.00. The molecule has 24 heavy (non-hydrogen) atoms. The van der Waals surface area contributed by atoms with E-state index in [1.54, 1.807) is 0 Å². The fourth-order valence-electron chi connectivity index (χ4n) is 1.34. The number of rotatable bonds is 4. The van der Waals surface area contributed by atoms with Crippen molar-refractivity contribution >= 4 is 0 Å². The van der Waals surface area contributed by atoms with Gasteiger partial charge in [-0.3, -0.25) is 0 Å². The normalized spacial score (nSPS) is 11.8. The molecule has 0 aromatic rings. The fraction of sp³-hybridized carbons (Fsp3) is 1.00. The Balaban J connectivity index is -0.000000116. The number of nitrogens with zero attached hydrogens (tertiary/aromatic N) is 2. The van der Waals surface area contributed by atoms with E-state index in [4.69, 9.17) is 31.4 Å². The standard InChI is InChI=1S/C8H20N.C4H12N.2Mn.8O/c1-5-9(6-2,7-3)8-4;1-5(2,3)4;;;;;;;;;;/h5-8H2,1-4H3;1-4H3;;;;;;;;;;/q2*+1;;;;;;;;;2*-1. The summed E-state index contributed by atoms with van der Waals surface area (Å²) < 4.78 is 70.9. The Bertz CT molecular complexity index is 511. The quantitative estimate of drug-likeness (QED) is 0.402. The first-order valence-corrected chi connectivity index (χ1v) is 11.0. The summed E-state index contributed by atoms with van der Waals surface area (Å²) >= 11 is -11.2. The van der Waals surface area contributed by atoms with Gasteiger partial charge in [0, 0.05) is 0 Å². The van der Waals surface area contributed by atoms with E-state index in [2.05, 4.69) is 55.9 Å². The van der Waals surface area contributed by atoms with Crippen LogP contribution in [0.3, 0.4) is 0 Å². The monoisotopic (exact) mass is 442 g/mol. The third-order valence-electron chi connectivity index (χ3n) is 2.68. The van der Waals surface area contributed by atoms with Crippen molar-refractivity contribution in [3.05, 3.63) is 0 Å². The second kappa shape index (κ2) is 13.9. The van der Waals surface area contributed by atoms with Crippen molar-refractivity contribution in [3.63, 3.8) is 0 Å². The second-order valence-corrected chi connectivity index (χ2v) is 8.41. The van der Waals surface area contributed by atoms with Gasteiger partial charge in [0.15, 0.2) is 0 Å². The van der Waals surface area contributed by atoms with Crippen molar-refractivity contribution in [2.75, 3.05) is 54.4 Å². The van der Waals surface area contributed by atoms with E-state index in [0.717, 1.165) is 4.48 Å². The van der Waals surface area contributed by atoms with Crippen LogP contribution >= 0.6 is 0 Å². The van der Waals surface area contributed by atoms with Crippen LogP contribution in [0, 0.1) is 0 Å². The topological polar surface area (TPSA) is 149 Å². The van der Waals surface area contributed by atoms with Gasteiger partial charge in [0.2, 0.25) is 0 Å². The average molecular weight is 442 g/mol. The van der Waals surface area contributed by atoms with E-state index < -0.39 is 25.9 Å². The molecule has 0 unspecified atom stereocenters. The molecule has 0 aliphatic heterocycles. The summed E-state index contributed by atoms with van der Waals surface area (Å²) in [7, 11) is 8.50. The maximum atomic E-state index is 8.58. The van der Waals surface area contributed by atoms with Crippen LogP contribution in [0.15, 0.2) is 0 Å². The van der Waals surface area contributed by atoms with E-state index in [0.29, 0.717) is 0 Å². The van der Waals surface area contributed by atoms with E-state index in [9.17, 15) is 0 Å². The first-order valence-electron chi connectivity index (χ1n) is 7.12. The molecule has 0 aliphatic rings. The summed E-state index contributed by atoms with van der Waals surface area (Å²) in [5.74, 6) is 0. The number of hydrogen-bond donors (Lipinski definition) is 0. The van der Waals surface area contributed by atoms with Crippen LogP contribution in [-0.2, 0) is 48.9 Å². The molecule has 0 amide bonds. The molecule has 0 N–H and O–H groups in total. The van der Waals surface area contributed by atoms with Crippen LogP contribution in [0.2, 0.25) is 0 Å². The van der Waals surface area contributed by atoms with Crippen molar-refractivity contribution in [1.82, 2.24) is 0 Å². The molecule has 0 aromatic carbocycles. The summed E-state index contributed by atoms with van der Waals surface area (Å²) in [5, 5.41) is 0. The van der Waals surface area contributed by atoms with Gasteiger partial charge in [-0.15, -0.1) is 0 Å². The van der Waals surface area contributed by atoms with Crippen molar-refractivity contribution in [1.29, 1.82) is 0 Å². The van der Waals surface area contributed by atoms with Crippen molar-refractivity contribution in [2.24, 2.45) is 0 Å². The van der Waals surface area contributed by atoms with Gasteiger partial charge in [-0.2, -0.15) is 0 Å². The SMILES string of the molecule is CC[N+](CC)(CC)CC.C[N+](C)(C)C.[O]=[Mn](=[O])(=[O])[O-].[O]=[Mn](=[O])(=[O])[O-]. The zero-order chi connectivity index (χ0) is 20.8. The van der Waals surface area contributed by atoms with Crippen molar-refractivity contribution < 1.29 is 66.3 Å². The molecule has 0 spiro atoms. The molecular weight excluding hydrogens is 410 g/mol. The summed E-state index contributed by atoms with van der Waals surface area (Å²) in [6.07, 6.45) is 0. The fourth-order valence-corrected chi connectivity index (χ4v) is 1.34. The molecule has 10 nitrogen and oxygen atoms in total. The molecule has 0 aliphatic carbocycles. The maximum absolute atomic E-state index is 8.58. The molecule has 0 saturated heterocycles. The van der Waals surface area contributed by atoms with Gasteiger partial charge in [-0.05, 0) is 27.7 Å². The summed E-state index contributed by atoms with van der Waals surface area (Å²) in [6.45, 7) is 14.2. The molecule has 0 heterocycles. The van der Waals surface area contributed by atoms with Crippen molar-refractivity contribution in [2.45, 2.75) is 27.7 Å². The first kappa shape index (κ1) is 31.4. The minimum atomic E-state index is -5.62. The van der Waals surface area contributed by atoms with Crippen molar-refractivity contribution in [3.8, 4) is 0 Å². The molecule has 152 valence electrons. The number of hydrogen-bond acceptors (Lipinski definition) is 8. The molecule has 0 saturated carbocycles. The zero-order valence-electron chi connectivity index (χ0n) is 15.7. The molecule has 0 atom stereocenters. The summed E-state index contributed by atoms with van der Waals surface area (Å²) in [5.41, 5.74) is 0. The Morgan fingerprint density at radius 1 is 0.583 bits per heavy atom. The van der Waals surface area contributed by atoms with Gasteiger partial charge in [-0.25, -0.2) is 0 Å². The third-order valence-corrected chi connectivity index (χ3v) is 2.68. The predicted molar refractivity (Wildman–Crippen MR) is 70.5 cm³/mol. The summed E-state index contributed by atoms with van der Waals surface area (Å²) in [6, 6.07) is 0. The van der Waals surface area contributed by atoms with Crippen LogP contribution < -0.4 is 8.38 Å². The van der Waals surface area contributed by atoms with Crippen LogP contribution in [-0.4, -0.2) is 63.3 Å². The van der Waals surface area contributed by atoms with Gasteiger partial charge >= 0.3 is 57.3 Å². The van der Waals surface area contributed by atoms with Gasteiger partial charge in [0.25, 0.3) is 0 Å². The van der Waals surface area contributed by atoms with Gasteiger partial charge in [0.1, 0.15) is 0 Å². The molecule has 0 radical (unpaired) electrons. The zero-order valence-corrected chi connectivity index (χ0v) is 18.1. The van der Waals surface area contributed by atoms with Crippen LogP contribution in [0.4, 0.5) is 0 Å². The average Bonchev–Trinajstić information content (AvgIpc) is 2.26. The molecule has 0 aromatic heterocycles. The Labute approximate surface area is 148 Å². The molecule has 0 rings (SSSR count). The van der Waals surface area contributed by atoms with Crippen LogP contribution in [0.5, 0.6) is 0 Å². The van der Waals surface area contributed by atoms with E-state index in [-0.39, 0.29) is 0 Å². The first-order chi connectivity index (χ1) is 10.2. The third kappa shape index (κ3) is 68.0. The van der Waals surface area contributed by atoms with Crippen LogP contribution in [0.25, 0.3) is 0 Å². The predicted octanol–water partition coefficient (Wildman–Crippen LogP) is -0.891.